The van der Waals surface area contributed by atoms with E-state index < -0.39 is 10.8 Å². The molecule has 0 atom stereocenters. The second-order valence-electron chi connectivity index (χ2n) is 6.98. The molecule has 0 rings (SSSR count). The van der Waals surface area contributed by atoms with Gasteiger partial charge in [-0.15, -0.1) is 0 Å². The number of carbonyl (C=O) groups excluding carboxylic acids is 2. The van der Waals surface area contributed by atoms with Gasteiger partial charge in [0, 0.05) is 6.42 Å². The number of esters is 2. The Hall–Kier alpha value is 0.400. The lowest BCUT2D eigenvalue weighted by molar-refractivity contribution is -0.157. The first-order valence-corrected chi connectivity index (χ1v) is 11.2. The van der Waals surface area contributed by atoms with Gasteiger partial charge in [-0.25, -0.2) is 0 Å². The van der Waals surface area contributed by atoms with Crippen LogP contribution in [0.5, 0.6) is 0 Å². The van der Waals surface area contributed by atoms with E-state index in [2.05, 4.69) is 45.2 Å². The monoisotopic (exact) mass is 552 g/mol. The van der Waals surface area contributed by atoms with Crippen LogP contribution in [0.4, 0.5) is 0 Å². The van der Waals surface area contributed by atoms with Crippen molar-refractivity contribution in [2.24, 2.45) is 10.8 Å². The number of halogens is 2. The molecule has 0 saturated heterocycles. The Labute approximate surface area is 168 Å². The summed E-state index contributed by atoms with van der Waals surface area (Å²) in [4.78, 5) is 24.0. The highest BCUT2D eigenvalue weighted by Crippen LogP contribution is 2.26. The third-order valence-electron chi connectivity index (χ3n) is 3.73. The summed E-state index contributed by atoms with van der Waals surface area (Å²) < 4.78 is 12.7. The van der Waals surface area contributed by atoms with Crippen LogP contribution in [0.1, 0.15) is 59.8 Å². The predicted octanol–water partition coefficient (Wildman–Crippen LogP) is 4.95. The van der Waals surface area contributed by atoms with Crippen LogP contribution in [-0.2, 0) is 19.1 Å². The average molecular weight is 552 g/mol. The number of ether oxygens (including phenoxy) is 2. The van der Waals surface area contributed by atoms with Crippen molar-refractivity contribution in [3.05, 3.63) is 0 Å². The van der Waals surface area contributed by atoms with Gasteiger partial charge >= 0.3 is 11.9 Å². The van der Waals surface area contributed by atoms with Crippen molar-refractivity contribution in [1.29, 1.82) is 0 Å². The van der Waals surface area contributed by atoms with Gasteiger partial charge in [0.15, 0.2) is 0 Å². The standard InChI is InChI=1S/C17H30I2O4/c1-16(2,8-5-10-18)14(20)22-12-7-13-23-15(21)17(3,4)9-6-11-19/h5-13H2,1-4H3. The van der Waals surface area contributed by atoms with E-state index in [0.29, 0.717) is 19.6 Å². The number of alkyl halides is 2. The van der Waals surface area contributed by atoms with E-state index in [1.807, 2.05) is 27.7 Å². The minimum atomic E-state index is -0.441. The topological polar surface area (TPSA) is 52.6 Å². The summed E-state index contributed by atoms with van der Waals surface area (Å²) in [5.41, 5.74) is -0.882. The normalized spacial score (nSPS) is 12.1. The van der Waals surface area contributed by atoms with E-state index in [9.17, 15) is 9.59 Å². The second kappa shape index (κ2) is 11.9. The first kappa shape index (κ1) is 23.4. The Morgan fingerprint density at radius 3 is 1.39 bits per heavy atom. The van der Waals surface area contributed by atoms with Crippen LogP contribution in [-0.4, -0.2) is 34.0 Å². The van der Waals surface area contributed by atoms with Crippen LogP contribution >= 0.6 is 45.2 Å². The number of hydrogen-bond acceptors (Lipinski definition) is 4. The highest BCUT2D eigenvalue weighted by atomic mass is 127. The van der Waals surface area contributed by atoms with Gasteiger partial charge in [0.05, 0.1) is 24.0 Å². The van der Waals surface area contributed by atoms with Crippen LogP contribution in [0, 0.1) is 10.8 Å². The van der Waals surface area contributed by atoms with Crippen LogP contribution in [0.3, 0.4) is 0 Å². The van der Waals surface area contributed by atoms with Gasteiger partial charge in [0.2, 0.25) is 0 Å². The summed E-state index contributed by atoms with van der Waals surface area (Å²) >= 11 is 4.62. The smallest absolute Gasteiger partial charge is 0.311 e. The van der Waals surface area contributed by atoms with Crippen molar-refractivity contribution in [3.63, 3.8) is 0 Å². The summed E-state index contributed by atoms with van der Waals surface area (Å²) in [5.74, 6) is -0.341. The van der Waals surface area contributed by atoms with E-state index >= 15 is 0 Å². The SMILES string of the molecule is CC(C)(CCCI)C(=O)OCCCOC(=O)C(C)(C)CCCI. The molecule has 136 valence electrons. The summed E-state index contributed by atoms with van der Waals surface area (Å²) in [6.45, 7) is 8.26. The Morgan fingerprint density at radius 1 is 0.739 bits per heavy atom. The van der Waals surface area contributed by atoms with Crippen LogP contribution in [0.25, 0.3) is 0 Å². The molecule has 6 heteroatoms. The van der Waals surface area contributed by atoms with Crippen molar-refractivity contribution < 1.29 is 19.1 Å². The number of carbonyl (C=O) groups is 2. The van der Waals surface area contributed by atoms with Crippen molar-refractivity contribution in [1.82, 2.24) is 0 Å². The molecular weight excluding hydrogens is 522 g/mol. The fraction of sp³-hybridized carbons (Fsp3) is 0.882. The highest BCUT2D eigenvalue weighted by Gasteiger charge is 2.29. The molecule has 0 radical (unpaired) electrons. The summed E-state index contributed by atoms with van der Waals surface area (Å²) in [6, 6.07) is 0. The molecule has 0 aliphatic heterocycles. The predicted molar refractivity (Wildman–Crippen MR) is 110 cm³/mol. The van der Waals surface area contributed by atoms with Gasteiger partial charge in [-0.3, -0.25) is 9.59 Å². The maximum absolute atomic E-state index is 12.0. The largest absolute Gasteiger partial charge is 0.465 e. The molecule has 0 heterocycles. The quantitative estimate of drug-likeness (QED) is 0.149. The van der Waals surface area contributed by atoms with Gasteiger partial charge in [0.25, 0.3) is 0 Å². The molecule has 0 unspecified atom stereocenters. The Balaban J connectivity index is 3.96. The van der Waals surface area contributed by atoms with Gasteiger partial charge in [0.1, 0.15) is 0 Å². The maximum Gasteiger partial charge on any atom is 0.311 e. The van der Waals surface area contributed by atoms with E-state index in [4.69, 9.17) is 9.47 Å². The molecule has 0 aliphatic rings. The van der Waals surface area contributed by atoms with E-state index in [1.54, 1.807) is 0 Å². The molecule has 0 aliphatic carbocycles. The van der Waals surface area contributed by atoms with Gasteiger partial charge in [-0.1, -0.05) is 45.2 Å². The van der Waals surface area contributed by atoms with Gasteiger partial charge in [-0.05, 0) is 62.2 Å². The molecule has 0 bridgehead atoms. The lowest BCUT2D eigenvalue weighted by Crippen LogP contribution is -2.28. The molecule has 0 saturated carbocycles. The zero-order valence-electron chi connectivity index (χ0n) is 14.8. The molecule has 0 aromatic carbocycles. The molecule has 0 aromatic heterocycles. The Morgan fingerprint density at radius 2 is 1.09 bits per heavy atom. The van der Waals surface area contributed by atoms with E-state index in [0.717, 1.165) is 34.5 Å². The van der Waals surface area contributed by atoms with Crippen LogP contribution in [0.15, 0.2) is 0 Å². The fourth-order valence-electron chi connectivity index (χ4n) is 2.00. The zero-order valence-corrected chi connectivity index (χ0v) is 19.1. The number of rotatable bonds is 12. The molecule has 0 N–H and O–H groups in total. The summed E-state index contributed by atoms with van der Waals surface area (Å²) in [6.07, 6.45) is 4.21. The second-order valence-corrected chi connectivity index (χ2v) is 9.14. The van der Waals surface area contributed by atoms with E-state index in [1.165, 1.54) is 0 Å². The average Bonchev–Trinajstić information content (AvgIpc) is 2.50. The third-order valence-corrected chi connectivity index (χ3v) is 5.26. The van der Waals surface area contributed by atoms with Crippen molar-refractivity contribution >= 4 is 57.1 Å². The molecule has 0 amide bonds. The molecule has 0 spiro atoms. The molecule has 23 heavy (non-hydrogen) atoms. The molecule has 4 nitrogen and oxygen atoms in total. The minimum absolute atomic E-state index is 0.170. The Bertz CT molecular complexity index is 334. The van der Waals surface area contributed by atoms with Gasteiger partial charge < -0.3 is 9.47 Å². The first-order chi connectivity index (χ1) is 10.7. The van der Waals surface area contributed by atoms with Crippen molar-refractivity contribution in [2.45, 2.75) is 59.8 Å². The molecule has 0 aromatic rings. The lowest BCUT2D eigenvalue weighted by Gasteiger charge is -2.23. The minimum Gasteiger partial charge on any atom is -0.465 e. The van der Waals surface area contributed by atoms with E-state index in [-0.39, 0.29) is 11.9 Å². The molecule has 0 fully saturated rings. The third kappa shape index (κ3) is 10.1. The Kier molecular flexibility index (Phi) is 12.1. The maximum atomic E-state index is 12.0. The summed E-state index contributed by atoms with van der Waals surface area (Å²) in [7, 11) is 0. The zero-order chi connectivity index (χ0) is 17.9. The van der Waals surface area contributed by atoms with Crippen LogP contribution < -0.4 is 0 Å². The first-order valence-electron chi connectivity index (χ1n) is 8.14. The highest BCUT2D eigenvalue weighted by molar-refractivity contribution is 14.1. The summed E-state index contributed by atoms with van der Waals surface area (Å²) in [5, 5.41) is 0. The molecular formula is C17H30I2O4. The number of hydrogen-bond donors (Lipinski definition) is 0. The van der Waals surface area contributed by atoms with Gasteiger partial charge in [-0.2, -0.15) is 0 Å². The fourth-order valence-corrected chi connectivity index (χ4v) is 2.76. The van der Waals surface area contributed by atoms with Crippen LogP contribution in [0.2, 0.25) is 0 Å². The lowest BCUT2D eigenvalue weighted by atomic mass is 9.88. The van der Waals surface area contributed by atoms with Crippen molar-refractivity contribution in [3.8, 4) is 0 Å². The van der Waals surface area contributed by atoms with Crippen molar-refractivity contribution in [2.75, 3.05) is 22.1 Å².